The van der Waals surface area contributed by atoms with Crippen LogP contribution in [0.3, 0.4) is 0 Å². The zero-order valence-electron chi connectivity index (χ0n) is 42.9. The van der Waals surface area contributed by atoms with Crippen LogP contribution in [0.25, 0.3) is 44.2 Å². The first-order valence-corrected chi connectivity index (χ1v) is 27.3. The molecule has 3 nitrogen and oxygen atoms in total. The molecule has 0 radical (unpaired) electrons. The van der Waals surface area contributed by atoms with Crippen LogP contribution in [0.4, 0.5) is 17.1 Å². The van der Waals surface area contributed by atoms with Crippen LogP contribution >= 0.6 is 11.8 Å². The Balaban J connectivity index is 1.01. The van der Waals surface area contributed by atoms with Crippen molar-refractivity contribution in [1.29, 1.82) is 0 Å². The first-order valence-electron chi connectivity index (χ1n) is 26.5. The molecular formula is C71H53NO2S. The number of furan rings is 1. The number of allylic oxidation sites excluding steroid dienone is 4. The second-order valence-corrected chi connectivity index (χ2v) is 24.6. The van der Waals surface area contributed by atoms with E-state index in [2.05, 4.69) is 253 Å². The monoisotopic (exact) mass is 983 g/mol. The van der Waals surface area contributed by atoms with Gasteiger partial charge in [-0.1, -0.05) is 205 Å². The highest BCUT2D eigenvalue weighted by Gasteiger charge is 2.55. The summed E-state index contributed by atoms with van der Waals surface area (Å²) in [5.41, 5.74) is 22.8. The number of hydrogen-bond donors (Lipinski definition) is 0. The molecule has 10 aromatic rings. The number of para-hydroxylation sites is 3. The lowest BCUT2D eigenvalue weighted by Crippen LogP contribution is -2.35. The summed E-state index contributed by atoms with van der Waals surface area (Å²) in [4.78, 5) is 5.10. The van der Waals surface area contributed by atoms with Crippen LogP contribution in [0.5, 0.6) is 5.75 Å². The first kappa shape index (κ1) is 43.4. The first-order chi connectivity index (χ1) is 36.4. The maximum absolute atomic E-state index is 7.05. The van der Waals surface area contributed by atoms with Crippen LogP contribution < -0.4 is 9.64 Å². The Hall–Kier alpha value is -8.05. The van der Waals surface area contributed by atoms with Gasteiger partial charge in [-0.3, -0.25) is 0 Å². The fraction of sp³-hybridized carbons (Fsp3) is 0.155. The summed E-state index contributed by atoms with van der Waals surface area (Å²) in [6.45, 7) is 14.0. The third kappa shape index (κ3) is 5.73. The van der Waals surface area contributed by atoms with E-state index < -0.39 is 10.8 Å². The van der Waals surface area contributed by atoms with Gasteiger partial charge in [-0.05, 0) is 138 Å². The number of benzene rings is 9. The zero-order valence-corrected chi connectivity index (χ0v) is 43.7. The number of anilines is 3. The quantitative estimate of drug-likeness (QED) is 0.176. The molecule has 6 aliphatic rings. The Morgan fingerprint density at radius 2 is 1.03 bits per heavy atom. The van der Waals surface area contributed by atoms with E-state index in [1.165, 1.54) is 93.3 Å². The van der Waals surface area contributed by atoms with Crippen LogP contribution in [0.1, 0.15) is 91.6 Å². The number of rotatable bonds is 3. The third-order valence-electron chi connectivity index (χ3n) is 17.4. The molecule has 2 atom stereocenters. The van der Waals surface area contributed by atoms with Crippen LogP contribution in [0, 0.1) is 5.92 Å². The maximum Gasteiger partial charge on any atom is 0.159 e. The van der Waals surface area contributed by atoms with E-state index in [1.54, 1.807) is 0 Å². The Morgan fingerprint density at radius 3 is 1.69 bits per heavy atom. The smallest absolute Gasteiger partial charge is 0.159 e. The lowest BCUT2D eigenvalue weighted by atomic mass is 9.64. The number of fused-ring (bicyclic) bond motifs is 22. The van der Waals surface area contributed by atoms with Crippen molar-refractivity contribution < 1.29 is 9.15 Å². The lowest BCUT2D eigenvalue weighted by molar-refractivity contribution is 0.362. The van der Waals surface area contributed by atoms with Gasteiger partial charge in [0, 0.05) is 43.1 Å². The normalized spacial score (nSPS) is 18.6. The standard InChI is InChI=1S/C71H53NO2S/c1-68(2,3)42-27-34-64-59(37-42)71(60-38-43(69(4,5)6)28-35-65(60)75-64)54-21-11-8-17-47(54)49-32-30-45(40-58(49)71)72(61-23-15-19-51-50-18-9-13-24-62(50)73-67(51)61)44-29-31-48-46-16-7-10-20-53(46)70(57(48)39-44)55-22-12-14-25-63(55)74-66-52-36-41(52)26-33-56(66)70/h7-40,52H,1-6H3/t52-,70?/m0/s1. The highest BCUT2D eigenvalue weighted by Crippen LogP contribution is 2.66. The van der Waals surface area contributed by atoms with Gasteiger partial charge in [0.1, 0.15) is 17.1 Å². The molecule has 360 valence electrons. The topological polar surface area (TPSA) is 25.6 Å². The second kappa shape index (κ2) is 14.8. The average Bonchev–Trinajstić information content (AvgIpc) is 3.96. The Kier molecular flexibility index (Phi) is 8.58. The number of hydrogen-bond acceptors (Lipinski definition) is 4. The van der Waals surface area contributed by atoms with Gasteiger partial charge >= 0.3 is 0 Å². The predicted molar refractivity (Wildman–Crippen MR) is 307 cm³/mol. The maximum atomic E-state index is 7.05. The van der Waals surface area contributed by atoms with Crippen molar-refractivity contribution >= 4 is 50.8 Å². The van der Waals surface area contributed by atoms with Gasteiger partial charge < -0.3 is 14.1 Å². The summed E-state index contributed by atoms with van der Waals surface area (Å²) in [6.07, 6.45) is 7.00. The van der Waals surface area contributed by atoms with E-state index in [0.29, 0.717) is 0 Å². The predicted octanol–water partition coefficient (Wildman–Crippen LogP) is 18.6. The lowest BCUT2D eigenvalue weighted by Gasteiger charge is -2.42. The van der Waals surface area contributed by atoms with Gasteiger partial charge in [-0.15, -0.1) is 0 Å². The zero-order chi connectivity index (χ0) is 50.3. The molecule has 0 amide bonds. The molecule has 75 heavy (non-hydrogen) atoms. The van der Waals surface area contributed by atoms with Crippen molar-refractivity contribution in [3.8, 4) is 28.0 Å². The molecule has 0 saturated carbocycles. The molecule has 4 heteroatoms. The summed E-state index contributed by atoms with van der Waals surface area (Å²) in [5.74, 6) is 2.15. The molecule has 0 bridgehead atoms. The van der Waals surface area contributed by atoms with Crippen LogP contribution in [0.2, 0.25) is 0 Å². The van der Waals surface area contributed by atoms with Gasteiger partial charge in [0.25, 0.3) is 0 Å². The number of nitrogens with zero attached hydrogens (tertiary/aromatic N) is 1. The van der Waals surface area contributed by atoms with Crippen molar-refractivity contribution in [2.24, 2.45) is 5.92 Å². The van der Waals surface area contributed by atoms with Crippen molar-refractivity contribution in [3.63, 3.8) is 0 Å². The summed E-state index contributed by atoms with van der Waals surface area (Å²) in [5, 5.41) is 2.20. The van der Waals surface area contributed by atoms with E-state index in [1.807, 2.05) is 11.8 Å². The van der Waals surface area contributed by atoms with E-state index in [4.69, 9.17) is 9.15 Å². The molecule has 2 spiro atoms. The van der Waals surface area contributed by atoms with Gasteiger partial charge in [-0.2, -0.15) is 0 Å². The Morgan fingerprint density at radius 1 is 0.467 bits per heavy atom. The molecule has 0 saturated heterocycles. The van der Waals surface area contributed by atoms with Crippen molar-refractivity contribution in [3.05, 3.63) is 273 Å². The number of ether oxygens (including phenoxy) is 1. The highest BCUT2D eigenvalue weighted by molar-refractivity contribution is 7.99. The molecule has 0 N–H and O–H groups in total. The molecule has 9 aromatic carbocycles. The summed E-state index contributed by atoms with van der Waals surface area (Å²) < 4.78 is 14.0. The van der Waals surface area contributed by atoms with Crippen molar-refractivity contribution in [2.45, 2.75) is 73.0 Å². The van der Waals surface area contributed by atoms with Crippen molar-refractivity contribution in [2.75, 3.05) is 4.90 Å². The average molecular weight is 984 g/mol. The van der Waals surface area contributed by atoms with Crippen LogP contribution in [0.15, 0.2) is 237 Å². The molecule has 16 rings (SSSR count). The molecule has 3 heterocycles. The fourth-order valence-electron chi connectivity index (χ4n) is 13.8. The van der Waals surface area contributed by atoms with E-state index in [9.17, 15) is 0 Å². The van der Waals surface area contributed by atoms with E-state index >= 15 is 0 Å². The molecule has 2 aliphatic heterocycles. The molecular weight excluding hydrogens is 931 g/mol. The minimum atomic E-state index is -0.617. The van der Waals surface area contributed by atoms with Gasteiger partial charge in [-0.25, -0.2) is 0 Å². The van der Waals surface area contributed by atoms with E-state index in [0.717, 1.165) is 50.5 Å². The SMILES string of the molecule is CC(C)(C)c1ccc2c(c1)C1(c3cc(C(C)(C)C)ccc3S2)c2ccccc2-c2ccc(N(c3ccc4c(c3)C3(C5=C(Oc6ccccc63)[C@H]3C=C3C=C5)c3ccccc3-4)c3cccc4c3oc3ccccc34)cc21. The third-order valence-corrected chi connectivity index (χ3v) is 18.6. The molecule has 4 aliphatic carbocycles. The second-order valence-electron chi connectivity index (χ2n) is 23.5. The van der Waals surface area contributed by atoms with Gasteiger partial charge in [0.15, 0.2) is 5.58 Å². The van der Waals surface area contributed by atoms with Gasteiger partial charge in [0.05, 0.1) is 22.4 Å². The van der Waals surface area contributed by atoms with Crippen LogP contribution in [-0.2, 0) is 21.7 Å². The van der Waals surface area contributed by atoms with Crippen molar-refractivity contribution in [1.82, 2.24) is 0 Å². The van der Waals surface area contributed by atoms with Gasteiger partial charge in [0.2, 0.25) is 0 Å². The minimum absolute atomic E-state index is 0.0590. The highest BCUT2D eigenvalue weighted by atomic mass is 32.2. The largest absolute Gasteiger partial charge is 0.460 e. The molecule has 1 unspecified atom stereocenters. The Labute approximate surface area is 442 Å². The van der Waals surface area contributed by atoms with Crippen LogP contribution in [-0.4, -0.2) is 0 Å². The fourth-order valence-corrected chi connectivity index (χ4v) is 15.0. The van der Waals surface area contributed by atoms with E-state index in [-0.39, 0.29) is 16.7 Å². The minimum Gasteiger partial charge on any atom is -0.460 e. The Bertz CT molecular complexity index is 4240. The summed E-state index contributed by atoms with van der Waals surface area (Å²) in [6, 6.07) is 71.3. The summed E-state index contributed by atoms with van der Waals surface area (Å²) in [7, 11) is 0. The molecule has 1 aromatic heterocycles. The summed E-state index contributed by atoms with van der Waals surface area (Å²) >= 11 is 1.92. The molecule has 0 fully saturated rings.